The van der Waals surface area contributed by atoms with E-state index < -0.39 is 0 Å². The van der Waals surface area contributed by atoms with Gasteiger partial charge in [0.2, 0.25) is 0 Å². The lowest BCUT2D eigenvalue weighted by Gasteiger charge is -2.06. The molecule has 0 saturated carbocycles. The maximum absolute atomic E-state index is 6.54. The van der Waals surface area contributed by atoms with Crippen LogP contribution < -0.4 is 0 Å². The lowest BCUT2D eigenvalue weighted by Crippen LogP contribution is -1.83. The predicted octanol–water partition coefficient (Wildman–Crippen LogP) is 16.9. The van der Waals surface area contributed by atoms with E-state index in [4.69, 9.17) is 4.42 Å². The number of H-pyrrole nitrogens is 4. The van der Waals surface area contributed by atoms with Crippen LogP contribution in [0, 0.1) is 0 Å². The standard InChI is InChI=1S/C60H42N4O/c1-3-31-57-55(29-1)61-47-21-9-23-49(37-47)65-50-24-10-22-48(38-50)62-56-30-2-4-32-58(56)64-60-53-27-12-28-54(60)46-20-8-16-42(36-46)40-14-6-18-44(34-40)52-26-11-25-51(59(52)63-57)43-17-5-13-39(33-43)41-15-7-19-45(53)35-41/h1-38,61-64H. The summed E-state index contributed by atoms with van der Waals surface area (Å²) in [7, 11) is 0. The third-order valence-electron chi connectivity index (χ3n) is 12.3. The molecule has 2 heterocycles. The van der Waals surface area contributed by atoms with Crippen molar-refractivity contribution in [3.63, 3.8) is 0 Å². The van der Waals surface area contributed by atoms with Gasteiger partial charge in [0.05, 0.1) is 33.1 Å². The second-order valence-corrected chi connectivity index (χ2v) is 16.5. The highest BCUT2D eigenvalue weighted by Gasteiger charge is 2.06. The molecular formula is C60H42N4O. The molecule has 5 heteroatoms. The Bertz CT molecular complexity index is 3790. The molecule has 0 aliphatic rings. The fraction of sp³-hybridized carbons (Fsp3) is 0. The third-order valence-corrected chi connectivity index (χ3v) is 12.3. The monoisotopic (exact) mass is 834 g/mol. The van der Waals surface area contributed by atoms with Crippen molar-refractivity contribution in [3.05, 3.63) is 231 Å². The Kier molecular flexibility index (Phi) is 9.42. The van der Waals surface area contributed by atoms with Crippen LogP contribution in [0.1, 0.15) is 0 Å². The van der Waals surface area contributed by atoms with Crippen molar-refractivity contribution < 1.29 is 4.42 Å². The van der Waals surface area contributed by atoms with Crippen LogP contribution in [0.4, 0.5) is 0 Å². The average molecular weight is 835 g/mol. The maximum Gasteiger partial charge on any atom is 0.129 e. The Labute approximate surface area is 373 Å². The van der Waals surface area contributed by atoms with Gasteiger partial charge >= 0.3 is 0 Å². The van der Waals surface area contributed by atoms with Crippen LogP contribution in [0.3, 0.4) is 0 Å². The number of hydrogen-bond acceptors (Lipinski definition) is 1. The van der Waals surface area contributed by atoms with Crippen LogP contribution in [-0.4, -0.2) is 19.9 Å². The first kappa shape index (κ1) is 37.9. The van der Waals surface area contributed by atoms with Crippen LogP contribution in [-0.2, 0) is 0 Å². The quantitative estimate of drug-likeness (QED) is 0.121. The van der Waals surface area contributed by atoms with E-state index >= 15 is 0 Å². The Morgan fingerprint density at radius 2 is 0.523 bits per heavy atom. The number of aromatic nitrogens is 4. The molecule has 13 aromatic rings. The first-order valence-electron chi connectivity index (χ1n) is 22.0. The summed E-state index contributed by atoms with van der Waals surface area (Å²) in [6.45, 7) is 0. The first-order valence-corrected chi connectivity index (χ1v) is 22.0. The van der Waals surface area contributed by atoms with Crippen LogP contribution in [0.5, 0.6) is 0 Å². The summed E-state index contributed by atoms with van der Waals surface area (Å²) >= 11 is 0. The van der Waals surface area contributed by atoms with E-state index in [1.165, 1.54) is 0 Å². The van der Waals surface area contributed by atoms with Crippen LogP contribution in [0.2, 0.25) is 0 Å². The molecule has 11 aromatic carbocycles. The Morgan fingerprint density at radius 3 is 0.877 bits per heavy atom. The number of nitrogens with one attached hydrogen (secondary N) is 4. The molecule has 0 spiro atoms. The largest absolute Gasteiger partial charge is 0.457 e. The van der Waals surface area contributed by atoms with Crippen LogP contribution in [0.25, 0.3) is 120 Å². The molecule has 13 rings (SSSR count). The summed E-state index contributed by atoms with van der Waals surface area (Å²) in [6, 6.07) is 81.9. The zero-order valence-electron chi connectivity index (χ0n) is 35.3. The fourth-order valence-corrected chi connectivity index (χ4v) is 9.19. The van der Waals surface area contributed by atoms with Gasteiger partial charge in [-0.05, 0) is 116 Å². The van der Waals surface area contributed by atoms with Crippen molar-refractivity contribution in [3.8, 4) is 0 Å². The van der Waals surface area contributed by atoms with Gasteiger partial charge in [0, 0.05) is 44.7 Å². The summed E-state index contributed by atoms with van der Waals surface area (Å²) in [6.07, 6.45) is 0. The number of rotatable bonds is 0. The molecule has 0 amide bonds. The van der Waals surface area contributed by atoms with E-state index in [0.29, 0.717) is 0 Å². The molecule has 2 aromatic heterocycles. The van der Waals surface area contributed by atoms with Crippen molar-refractivity contribution >= 4 is 120 Å². The lowest BCUT2D eigenvalue weighted by atomic mass is 10.0. The molecule has 308 valence electrons. The first-order chi connectivity index (χ1) is 32.1. The number of hydrogen-bond donors (Lipinski definition) is 4. The molecule has 65 heavy (non-hydrogen) atoms. The minimum atomic E-state index is 0.722. The van der Waals surface area contributed by atoms with Gasteiger partial charge < -0.3 is 24.4 Å². The smallest absolute Gasteiger partial charge is 0.129 e. The molecule has 0 aliphatic carbocycles. The molecule has 4 N–H and O–H groups in total. The van der Waals surface area contributed by atoms with Gasteiger partial charge in [0.1, 0.15) is 11.2 Å². The van der Waals surface area contributed by atoms with Crippen LogP contribution >= 0.6 is 0 Å². The summed E-state index contributed by atoms with van der Waals surface area (Å²) in [5, 5.41) is 13.4. The Morgan fingerprint density at radius 1 is 0.231 bits per heavy atom. The highest BCUT2D eigenvalue weighted by molar-refractivity contribution is 6.14. The van der Waals surface area contributed by atoms with Gasteiger partial charge in [-0.3, -0.25) is 0 Å². The zero-order chi connectivity index (χ0) is 43.1. The van der Waals surface area contributed by atoms with Gasteiger partial charge in [-0.1, -0.05) is 146 Å². The highest BCUT2D eigenvalue weighted by atomic mass is 16.3. The minimum Gasteiger partial charge on any atom is -0.457 e. The Balaban J connectivity index is 1.39. The van der Waals surface area contributed by atoms with E-state index in [0.717, 1.165) is 120 Å². The summed E-state index contributed by atoms with van der Waals surface area (Å²) in [4.78, 5) is 15.4. The minimum absolute atomic E-state index is 0.722. The molecular weight excluding hydrogens is 793 g/mol. The molecule has 0 fully saturated rings. The maximum atomic E-state index is 6.54. The predicted molar refractivity (Wildman–Crippen MR) is 277 cm³/mol. The molecule has 0 saturated heterocycles. The van der Waals surface area contributed by atoms with Gasteiger partial charge in [0.15, 0.2) is 0 Å². The molecule has 0 atom stereocenters. The van der Waals surface area contributed by atoms with E-state index in [-0.39, 0.29) is 0 Å². The molecule has 18 bridgehead atoms. The van der Waals surface area contributed by atoms with Gasteiger partial charge in [0.25, 0.3) is 0 Å². The summed E-state index contributed by atoms with van der Waals surface area (Å²) in [5.74, 6) is 0. The topological polar surface area (TPSA) is 76.3 Å². The van der Waals surface area contributed by atoms with E-state index in [9.17, 15) is 0 Å². The number of para-hydroxylation sites is 6. The van der Waals surface area contributed by atoms with Crippen molar-refractivity contribution in [2.24, 2.45) is 0 Å². The van der Waals surface area contributed by atoms with Crippen molar-refractivity contribution in [1.29, 1.82) is 0 Å². The molecule has 0 aliphatic heterocycles. The van der Waals surface area contributed by atoms with E-state index in [1.54, 1.807) is 0 Å². The third kappa shape index (κ3) is 7.41. The second kappa shape index (κ2) is 16.2. The van der Waals surface area contributed by atoms with Gasteiger partial charge in [-0.25, -0.2) is 0 Å². The van der Waals surface area contributed by atoms with E-state index in [2.05, 4.69) is 214 Å². The van der Waals surface area contributed by atoms with E-state index in [1.807, 2.05) is 36.4 Å². The van der Waals surface area contributed by atoms with Crippen LogP contribution in [0.15, 0.2) is 235 Å². The van der Waals surface area contributed by atoms with Crippen molar-refractivity contribution in [2.75, 3.05) is 0 Å². The highest BCUT2D eigenvalue weighted by Crippen LogP contribution is 2.31. The summed E-state index contributed by atoms with van der Waals surface area (Å²) < 4.78 is 6.54. The molecule has 0 unspecified atom stereocenters. The summed E-state index contributed by atoms with van der Waals surface area (Å²) in [5.41, 5.74) is 9.03. The van der Waals surface area contributed by atoms with Gasteiger partial charge in [-0.15, -0.1) is 0 Å². The van der Waals surface area contributed by atoms with Crippen molar-refractivity contribution in [1.82, 2.24) is 19.9 Å². The van der Waals surface area contributed by atoms with Crippen molar-refractivity contribution in [2.45, 2.75) is 0 Å². The fourth-order valence-electron chi connectivity index (χ4n) is 9.19. The SMILES string of the molecule is c1cc2cc(c1)oc1cccc(c1)[nH]c1ccccc1[nH]c1c3cccc1c1cccc(c1)c1cccc(c1)c1cccc(c4cccc(c4)c4cccc3c4)c1[nH]c1ccccc1[nH]2. The second-order valence-electron chi connectivity index (χ2n) is 16.5. The normalized spacial score (nSPS) is 11.4. The zero-order valence-corrected chi connectivity index (χ0v) is 35.3. The average Bonchev–Trinajstić information content (AvgIpc) is 3.35. The lowest BCUT2D eigenvalue weighted by molar-refractivity contribution is 0.656. The number of aromatic amines is 4. The molecule has 5 nitrogen and oxygen atoms in total. The molecule has 0 radical (unpaired) electrons. The number of benzene rings is 10. The Hall–Kier alpha value is -8.80. The van der Waals surface area contributed by atoms with Gasteiger partial charge in [-0.2, -0.15) is 0 Å².